The van der Waals surface area contributed by atoms with Gasteiger partial charge < -0.3 is 10.2 Å². The normalized spacial score (nSPS) is 23.1. The van der Waals surface area contributed by atoms with Crippen LogP contribution in [0.2, 0.25) is 0 Å². The van der Waals surface area contributed by atoms with Crippen molar-refractivity contribution in [3.05, 3.63) is 35.9 Å². The van der Waals surface area contributed by atoms with Crippen molar-refractivity contribution in [2.75, 3.05) is 0 Å². The Hall–Kier alpha value is -1.93. The SMILES string of the molecule is CC(C)C1=NN(C(=O)[C@H](O)c2ccccc2)[C@@](O)(C(F)(F)F)C1. The molecule has 0 aliphatic carbocycles. The van der Waals surface area contributed by atoms with E-state index in [1.165, 1.54) is 24.3 Å². The Kier molecular flexibility index (Phi) is 4.50. The number of nitrogens with zero attached hydrogens (tertiary/aromatic N) is 2. The second-order valence-corrected chi connectivity index (χ2v) is 5.70. The molecule has 1 aromatic carbocycles. The van der Waals surface area contributed by atoms with Gasteiger partial charge in [-0.1, -0.05) is 44.2 Å². The van der Waals surface area contributed by atoms with E-state index in [0.717, 1.165) is 0 Å². The molecule has 126 valence electrons. The predicted octanol–water partition coefficient (Wildman–Crippen LogP) is 2.22. The van der Waals surface area contributed by atoms with Crippen LogP contribution in [0.15, 0.2) is 35.4 Å². The van der Waals surface area contributed by atoms with E-state index in [2.05, 4.69) is 5.10 Å². The average Bonchev–Trinajstić information content (AvgIpc) is 2.86. The van der Waals surface area contributed by atoms with Gasteiger partial charge >= 0.3 is 6.18 Å². The van der Waals surface area contributed by atoms with Gasteiger partial charge in [-0.05, 0) is 11.5 Å². The Bertz CT molecular complexity index is 616. The molecule has 5 nitrogen and oxygen atoms in total. The van der Waals surface area contributed by atoms with Gasteiger partial charge in [-0.25, -0.2) is 0 Å². The van der Waals surface area contributed by atoms with E-state index in [1.54, 1.807) is 19.9 Å². The molecule has 0 unspecified atom stereocenters. The molecule has 0 spiro atoms. The minimum absolute atomic E-state index is 0.0402. The first-order valence-electron chi connectivity index (χ1n) is 7.01. The molecule has 2 rings (SSSR count). The molecule has 1 heterocycles. The lowest BCUT2D eigenvalue weighted by atomic mass is 9.98. The van der Waals surface area contributed by atoms with Crippen molar-refractivity contribution in [1.82, 2.24) is 5.01 Å². The number of hydrogen-bond donors (Lipinski definition) is 2. The van der Waals surface area contributed by atoms with Crippen LogP contribution in [0.25, 0.3) is 0 Å². The average molecular weight is 330 g/mol. The number of aliphatic hydroxyl groups excluding tert-OH is 1. The molecule has 0 radical (unpaired) electrons. The van der Waals surface area contributed by atoms with Gasteiger partial charge in [0.2, 0.25) is 0 Å². The molecule has 1 aliphatic rings. The molecule has 2 atom stereocenters. The second kappa shape index (κ2) is 5.93. The molecule has 1 aliphatic heterocycles. The molecule has 2 N–H and O–H groups in total. The molecule has 1 aromatic rings. The highest BCUT2D eigenvalue weighted by atomic mass is 19.4. The number of hydrazone groups is 1. The highest BCUT2D eigenvalue weighted by Gasteiger charge is 2.63. The summed E-state index contributed by atoms with van der Waals surface area (Å²) in [4.78, 5) is 12.3. The molecule has 0 saturated heterocycles. The molecular weight excluding hydrogens is 313 g/mol. The topological polar surface area (TPSA) is 73.1 Å². The first kappa shape index (κ1) is 17.4. The lowest BCUT2D eigenvalue weighted by Gasteiger charge is -2.33. The quantitative estimate of drug-likeness (QED) is 0.892. The third-order valence-corrected chi connectivity index (χ3v) is 3.68. The predicted molar refractivity (Wildman–Crippen MR) is 76.1 cm³/mol. The minimum atomic E-state index is -5.10. The van der Waals surface area contributed by atoms with Gasteiger partial charge in [0.25, 0.3) is 11.6 Å². The zero-order valence-electron chi connectivity index (χ0n) is 12.6. The standard InChI is InChI=1S/C15H17F3N2O3/c1-9(2)11-8-14(23,15(16,17)18)20(19-11)13(22)12(21)10-6-4-3-5-7-10/h3-7,9,12,21,23H,8H2,1-2H3/t12-,14+/m1/s1. The number of carbonyl (C=O) groups excluding carboxylic acids is 1. The molecule has 0 fully saturated rings. The molecule has 8 heteroatoms. The van der Waals surface area contributed by atoms with Crippen LogP contribution in [0.1, 0.15) is 31.9 Å². The van der Waals surface area contributed by atoms with Crippen molar-refractivity contribution in [2.24, 2.45) is 11.0 Å². The third-order valence-electron chi connectivity index (χ3n) is 3.68. The van der Waals surface area contributed by atoms with Crippen LogP contribution in [-0.4, -0.2) is 38.7 Å². The number of halogens is 3. The largest absolute Gasteiger partial charge is 0.438 e. The van der Waals surface area contributed by atoms with E-state index in [0.29, 0.717) is 0 Å². The Morgan fingerprint density at radius 2 is 1.87 bits per heavy atom. The Morgan fingerprint density at radius 3 is 2.35 bits per heavy atom. The van der Waals surface area contributed by atoms with Crippen molar-refractivity contribution in [1.29, 1.82) is 0 Å². The third kappa shape index (κ3) is 3.09. The van der Waals surface area contributed by atoms with Crippen LogP contribution in [0.3, 0.4) is 0 Å². The second-order valence-electron chi connectivity index (χ2n) is 5.70. The summed E-state index contributed by atoms with van der Waals surface area (Å²) in [5.41, 5.74) is -3.28. The zero-order chi connectivity index (χ0) is 17.4. The summed E-state index contributed by atoms with van der Waals surface area (Å²) in [5, 5.41) is 23.6. The van der Waals surface area contributed by atoms with Crippen molar-refractivity contribution in [2.45, 2.75) is 38.3 Å². The van der Waals surface area contributed by atoms with Crippen molar-refractivity contribution in [3.63, 3.8) is 0 Å². The van der Waals surface area contributed by atoms with Crippen molar-refractivity contribution >= 4 is 11.6 Å². The van der Waals surface area contributed by atoms with Crippen molar-refractivity contribution < 1.29 is 28.2 Å². The fourth-order valence-electron chi connectivity index (χ4n) is 2.24. The number of carbonyl (C=O) groups is 1. The summed E-state index contributed by atoms with van der Waals surface area (Å²) >= 11 is 0. The first-order chi connectivity index (χ1) is 10.6. The summed E-state index contributed by atoms with van der Waals surface area (Å²) in [6, 6.07) is 7.51. The van der Waals surface area contributed by atoms with Gasteiger partial charge in [0, 0.05) is 12.1 Å². The summed E-state index contributed by atoms with van der Waals surface area (Å²) in [7, 11) is 0. The maximum absolute atomic E-state index is 13.3. The summed E-state index contributed by atoms with van der Waals surface area (Å²) in [5.74, 6) is -1.71. The number of benzene rings is 1. The summed E-state index contributed by atoms with van der Waals surface area (Å²) in [6.07, 6.45) is -7.78. The van der Waals surface area contributed by atoms with Crippen LogP contribution in [-0.2, 0) is 4.79 Å². The Balaban J connectivity index is 2.38. The zero-order valence-corrected chi connectivity index (χ0v) is 12.6. The fourth-order valence-corrected chi connectivity index (χ4v) is 2.24. The summed E-state index contributed by atoms with van der Waals surface area (Å²) in [6.45, 7) is 3.22. The number of rotatable bonds is 3. The van der Waals surface area contributed by atoms with E-state index in [-0.39, 0.29) is 22.2 Å². The Labute approximate surface area is 131 Å². The molecule has 0 bridgehead atoms. The van der Waals surface area contributed by atoms with E-state index < -0.39 is 30.3 Å². The molecule has 0 saturated carbocycles. The van der Waals surface area contributed by atoms with Crippen LogP contribution in [0, 0.1) is 5.92 Å². The van der Waals surface area contributed by atoms with Crippen LogP contribution in [0.4, 0.5) is 13.2 Å². The first-order valence-corrected chi connectivity index (χ1v) is 7.01. The highest BCUT2D eigenvalue weighted by molar-refractivity contribution is 5.93. The van der Waals surface area contributed by atoms with E-state index in [9.17, 15) is 28.2 Å². The summed E-state index contributed by atoms with van der Waals surface area (Å²) < 4.78 is 39.8. The van der Waals surface area contributed by atoms with E-state index in [4.69, 9.17) is 0 Å². The fraction of sp³-hybridized carbons (Fsp3) is 0.467. The molecular formula is C15H17F3N2O3. The maximum Gasteiger partial charge on any atom is 0.438 e. The minimum Gasteiger partial charge on any atom is -0.378 e. The molecule has 1 amide bonds. The molecule has 23 heavy (non-hydrogen) atoms. The van der Waals surface area contributed by atoms with Gasteiger partial charge in [0.1, 0.15) is 0 Å². The number of aliphatic hydroxyl groups is 2. The van der Waals surface area contributed by atoms with Gasteiger partial charge in [-0.2, -0.15) is 23.3 Å². The smallest absolute Gasteiger partial charge is 0.378 e. The lowest BCUT2D eigenvalue weighted by Crippen LogP contribution is -2.57. The van der Waals surface area contributed by atoms with Gasteiger partial charge in [0.15, 0.2) is 6.10 Å². The maximum atomic E-state index is 13.3. The van der Waals surface area contributed by atoms with E-state index in [1.807, 2.05) is 0 Å². The number of alkyl halides is 3. The number of amides is 1. The van der Waals surface area contributed by atoms with Gasteiger partial charge in [-0.3, -0.25) is 4.79 Å². The molecule has 0 aromatic heterocycles. The van der Waals surface area contributed by atoms with Crippen LogP contribution in [0.5, 0.6) is 0 Å². The van der Waals surface area contributed by atoms with Crippen molar-refractivity contribution in [3.8, 4) is 0 Å². The number of hydrogen-bond acceptors (Lipinski definition) is 4. The highest BCUT2D eigenvalue weighted by Crippen LogP contribution is 2.42. The Morgan fingerprint density at radius 1 is 1.30 bits per heavy atom. The van der Waals surface area contributed by atoms with Gasteiger partial charge in [0.05, 0.1) is 0 Å². The van der Waals surface area contributed by atoms with E-state index >= 15 is 0 Å². The lowest BCUT2D eigenvalue weighted by molar-refractivity contribution is -0.303. The van der Waals surface area contributed by atoms with Gasteiger partial charge in [-0.15, -0.1) is 0 Å². The van der Waals surface area contributed by atoms with Crippen LogP contribution >= 0.6 is 0 Å². The van der Waals surface area contributed by atoms with Crippen LogP contribution < -0.4 is 0 Å². The monoisotopic (exact) mass is 330 g/mol.